The topological polar surface area (TPSA) is 0 Å². The first kappa shape index (κ1) is 54.9. The molecule has 0 rings (SSSR count). The van der Waals surface area contributed by atoms with Crippen LogP contribution in [0.4, 0.5) is 0 Å². The molecule has 0 nitrogen and oxygen atoms in total. The molecule has 0 amide bonds. The standard InChI is InChI=1S/Al.B.Ba.H4Si.V.Zn.5H/h;;;1H4;;;;;;;/q;;+2;;;;;;;2*-1. The van der Waals surface area contributed by atoms with Crippen molar-refractivity contribution in [2.24, 2.45) is 0 Å². The molecule has 0 aliphatic carbocycles. The molecule has 0 atom stereocenters. The fraction of sp³-hybridized carbons (Fsp3) is 0. The van der Waals surface area contributed by atoms with Crippen LogP contribution in [0.2, 0.25) is 0 Å². The van der Waals surface area contributed by atoms with Gasteiger partial charge in [-0.1, -0.05) is 0 Å². The molecule has 0 spiro atoms. The molecule has 0 unspecified atom stereocenters. The van der Waals surface area contributed by atoms with E-state index in [9.17, 15) is 0 Å². The molecule has 0 aromatic carbocycles. The van der Waals surface area contributed by atoms with Gasteiger partial charge in [-0.2, -0.15) is 0 Å². The van der Waals surface area contributed by atoms with Crippen molar-refractivity contribution in [2.75, 3.05) is 0 Å². The largest absolute Gasteiger partial charge is 2.00 e. The second kappa shape index (κ2) is 38.4. The van der Waals surface area contributed by atoms with Gasteiger partial charge in [-0.25, -0.2) is 0 Å². The summed E-state index contributed by atoms with van der Waals surface area (Å²) in [5, 5.41) is 0. The van der Waals surface area contributed by atoms with Crippen molar-refractivity contribution in [3.8, 4) is 0 Å². The summed E-state index contributed by atoms with van der Waals surface area (Å²) in [4.78, 5) is 0. The Bertz CT molecular complexity index is 22.0. The van der Waals surface area contributed by atoms with Gasteiger partial charge < -0.3 is 2.85 Å². The van der Waals surface area contributed by atoms with Crippen LogP contribution < -0.4 is 0 Å². The van der Waals surface area contributed by atoms with E-state index >= 15 is 0 Å². The van der Waals surface area contributed by atoms with Crippen LogP contribution >= 0.6 is 0 Å². The van der Waals surface area contributed by atoms with Gasteiger partial charge in [0.15, 0.2) is 17.4 Å². The fourth-order valence-corrected chi connectivity index (χ4v) is 0. The van der Waals surface area contributed by atoms with E-state index in [1.54, 1.807) is 0 Å². The average molecular weight is 329 g/mol. The van der Waals surface area contributed by atoms with Crippen molar-refractivity contribution in [3.05, 3.63) is 0 Å². The summed E-state index contributed by atoms with van der Waals surface area (Å²) < 4.78 is 0. The van der Waals surface area contributed by atoms with E-state index in [2.05, 4.69) is 0 Å². The Morgan fingerprint density at radius 3 is 1.17 bits per heavy atom. The summed E-state index contributed by atoms with van der Waals surface area (Å²) in [7, 11) is 0. The van der Waals surface area contributed by atoms with E-state index in [1.807, 2.05) is 0 Å². The first-order valence-electron chi connectivity index (χ1n) is 0. The first-order valence-corrected chi connectivity index (χ1v) is 0. The minimum Gasteiger partial charge on any atom is -1.00 e. The summed E-state index contributed by atoms with van der Waals surface area (Å²) in [5.41, 5.74) is 0. The molecule has 0 aromatic heterocycles. The van der Waals surface area contributed by atoms with E-state index in [4.69, 9.17) is 0 Å². The van der Waals surface area contributed by atoms with E-state index in [0.29, 0.717) is 0 Å². The monoisotopic (exact) mass is 328 g/mol. The second-order valence-electron chi connectivity index (χ2n) is 0. The van der Waals surface area contributed by atoms with Gasteiger partial charge >= 0.3 is 48.9 Å². The van der Waals surface area contributed by atoms with Crippen LogP contribution in [0.25, 0.3) is 0 Å². The zero-order chi connectivity index (χ0) is 0. The maximum Gasteiger partial charge on any atom is 2.00 e. The van der Waals surface area contributed by atoms with Crippen LogP contribution in [-0.4, -0.2) is 85.6 Å². The Kier molecular flexibility index (Phi) is 351. The number of hydrogen-bond acceptors (Lipinski definition) is 0. The second-order valence-corrected chi connectivity index (χ2v) is 0. The predicted octanol–water partition coefficient (Wildman–Crippen LogP) is -3.18. The van der Waals surface area contributed by atoms with Crippen molar-refractivity contribution in [3.63, 3.8) is 0 Å². The maximum absolute atomic E-state index is 0. The van der Waals surface area contributed by atoms with Gasteiger partial charge in [-0.05, 0) is 11.0 Å². The quantitative estimate of drug-likeness (QED) is 0.412. The molecule has 28 valence electrons. The molecule has 0 N–H and O–H groups in total. The Balaban J connectivity index is 0. The van der Waals surface area contributed by atoms with E-state index in [1.165, 1.54) is 0 Å². The summed E-state index contributed by atoms with van der Waals surface area (Å²) in [6.45, 7) is 0. The minimum atomic E-state index is 0. The smallest absolute Gasteiger partial charge is 1.00 e. The van der Waals surface area contributed by atoms with Crippen molar-refractivity contribution in [1.29, 1.82) is 0 Å². The molecular formula is H9AlBBaSiVZn. The zero-order valence-electron chi connectivity index (χ0n) is 4.44. The third-order valence-corrected chi connectivity index (χ3v) is 0. The van der Waals surface area contributed by atoms with Crippen molar-refractivity contribution < 1.29 is 40.9 Å². The fourth-order valence-electron chi connectivity index (χ4n) is 0. The maximum atomic E-state index is 0. The molecule has 0 saturated carbocycles. The Hall–Kier alpha value is 3.59. The van der Waals surface area contributed by atoms with Gasteiger partial charge in [0.25, 0.3) is 0 Å². The van der Waals surface area contributed by atoms with Crippen LogP contribution in [0.5, 0.6) is 0 Å². The van der Waals surface area contributed by atoms with Crippen LogP contribution in [0.3, 0.4) is 0 Å². The predicted molar refractivity (Wildman–Crippen MR) is 35.0 cm³/mol. The van der Waals surface area contributed by atoms with Gasteiger partial charge in [0.1, 0.15) is 0 Å². The molecule has 0 saturated heterocycles. The summed E-state index contributed by atoms with van der Waals surface area (Å²) in [6.07, 6.45) is 0. The molecule has 6 heavy (non-hydrogen) atoms. The molecule has 0 aliphatic rings. The third-order valence-electron chi connectivity index (χ3n) is 0. The summed E-state index contributed by atoms with van der Waals surface area (Å²) in [5.74, 6) is 0. The number of hydrogen-bond donors (Lipinski definition) is 0. The Morgan fingerprint density at radius 1 is 1.17 bits per heavy atom. The summed E-state index contributed by atoms with van der Waals surface area (Å²) in [6, 6.07) is 0. The third kappa shape index (κ3) is 25.6. The first-order chi connectivity index (χ1) is 0. The van der Waals surface area contributed by atoms with Crippen molar-refractivity contribution in [2.45, 2.75) is 0 Å². The molecule has 6 heteroatoms. The minimum absolute atomic E-state index is 0. The van der Waals surface area contributed by atoms with Crippen LogP contribution in [-0.2, 0) is 38.0 Å². The molecule has 4 radical (unpaired) electrons. The van der Waals surface area contributed by atoms with E-state index in [0.717, 1.165) is 0 Å². The van der Waals surface area contributed by atoms with Gasteiger partial charge in [0.05, 0.1) is 0 Å². The molecule has 0 heterocycles. The average Bonchev–Trinajstić information content (AvgIpc) is 0. The SMILES string of the molecule is [AlH3].[B].[Ba+2].[H-].[H-].[SiH4].[V].[Zn]. The normalized spacial score (nSPS) is 0. The van der Waals surface area contributed by atoms with Crippen LogP contribution in [0.15, 0.2) is 0 Å². The van der Waals surface area contributed by atoms with E-state index < -0.39 is 0 Å². The van der Waals surface area contributed by atoms with Crippen LogP contribution in [0, 0.1) is 0 Å². The van der Waals surface area contributed by atoms with Crippen LogP contribution in [0.1, 0.15) is 2.85 Å². The molecule has 0 aromatic rings. The summed E-state index contributed by atoms with van der Waals surface area (Å²) >= 11 is 0. The van der Waals surface area contributed by atoms with Gasteiger partial charge in [0.2, 0.25) is 0 Å². The molecule has 0 bridgehead atoms. The Labute approximate surface area is 124 Å². The van der Waals surface area contributed by atoms with Crippen molar-refractivity contribution in [1.82, 2.24) is 0 Å². The van der Waals surface area contributed by atoms with Gasteiger partial charge in [-0.3, -0.25) is 0 Å². The van der Waals surface area contributed by atoms with Crippen molar-refractivity contribution >= 4 is 85.6 Å². The molecule has 0 fully saturated rings. The zero-order valence-corrected chi connectivity index (χ0v) is 11.2. The molecule has 0 aliphatic heterocycles. The Morgan fingerprint density at radius 2 is 1.17 bits per heavy atom. The molecular weight excluding hydrogens is 320 g/mol. The van der Waals surface area contributed by atoms with E-state index in [-0.39, 0.29) is 127 Å². The number of rotatable bonds is 0. The van der Waals surface area contributed by atoms with Gasteiger partial charge in [0, 0.05) is 46.4 Å². The van der Waals surface area contributed by atoms with Gasteiger partial charge in [-0.15, -0.1) is 0 Å².